The molecule has 154 valence electrons. The molecule has 1 fully saturated rings. The minimum Gasteiger partial charge on any atom is -0.393 e. The average molecular weight is 384 g/mol. The summed E-state index contributed by atoms with van der Waals surface area (Å²) >= 11 is 0. The van der Waals surface area contributed by atoms with Crippen LogP contribution in [0, 0.1) is 5.41 Å². The second kappa shape index (κ2) is 10.1. The zero-order valence-corrected chi connectivity index (χ0v) is 18.3. The first kappa shape index (κ1) is 22.4. The van der Waals surface area contributed by atoms with Crippen LogP contribution in [-0.4, -0.2) is 35.1 Å². The Morgan fingerprint density at radius 2 is 1.82 bits per heavy atom. The van der Waals surface area contributed by atoms with Crippen molar-refractivity contribution in [2.45, 2.75) is 72.8 Å². The molecule has 0 bridgehead atoms. The van der Waals surface area contributed by atoms with Crippen LogP contribution < -0.4 is 0 Å². The predicted octanol–water partition coefficient (Wildman–Crippen LogP) is 5.50. The molecule has 0 radical (unpaired) electrons. The van der Waals surface area contributed by atoms with Crippen molar-refractivity contribution in [3.05, 3.63) is 58.7 Å². The van der Waals surface area contributed by atoms with Gasteiger partial charge in [-0.15, -0.1) is 0 Å². The summed E-state index contributed by atoms with van der Waals surface area (Å²) in [5, 5.41) is 9.55. The second-order valence-corrected chi connectivity index (χ2v) is 8.98. The van der Waals surface area contributed by atoms with Crippen LogP contribution in [0.2, 0.25) is 0 Å². The number of carbonyl (C=O) groups excluding carboxylic acids is 1. The highest BCUT2D eigenvalue weighted by Crippen LogP contribution is 2.40. The van der Waals surface area contributed by atoms with Gasteiger partial charge in [-0.2, -0.15) is 0 Å². The van der Waals surface area contributed by atoms with Crippen LogP contribution in [0.25, 0.3) is 0 Å². The summed E-state index contributed by atoms with van der Waals surface area (Å²) < 4.78 is 0. The lowest BCUT2D eigenvalue weighted by Crippen LogP contribution is -2.39. The fourth-order valence-corrected chi connectivity index (χ4v) is 4.05. The van der Waals surface area contributed by atoms with Gasteiger partial charge in [0.15, 0.2) is 0 Å². The molecule has 1 aliphatic heterocycles. The van der Waals surface area contributed by atoms with Gasteiger partial charge in [-0.1, -0.05) is 55.4 Å². The Morgan fingerprint density at radius 3 is 2.46 bits per heavy atom. The second-order valence-electron chi connectivity index (χ2n) is 8.98. The molecule has 3 heteroatoms. The lowest BCUT2D eigenvalue weighted by atomic mass is 9.72. The molecule has 28 heavy (non-hydrogen) atoms. The van der Waals surface area contributed by atoms with Gasteiger partial charge in [0.25, 0.3) is 0 Å². The Labute approximate surface area is 171 Å². The fourth-order valence-electron chi connectivity index (χ4n) is 4.05. The molecule has 2 rings (SSSR count). The van der Waals surface area contributed by atoms with Crippen molar-refractivity contribution in [1.29, 1.82) is 0 Å². The van der Waals surface area contributed by atoms with Crippen molar-refractivity contribution in [1.82, 2.24) is 4.90 Å². The summed E-state index contributed by atoms with van der Waals surface area (Å²) in [6.07, 6.45) is 17.1. The van der Waals surface area contributed by atoms with Gasteiger partial charge in [-0.05, 0) is 69.4 Å². The van der Waals surface area contributed by atoms with E-state index in [-0.39, 0.29) is 17.4 Å². The smallest absolute Gasteiger partial charge is 0.246 e. The lowest BCUT2D eigenvalue weighted by molar-refractivity contribution is -0.127. The standard InChI is InChI=1S/C25H37NO2/c1-19(11-12-23-21(3)10-7-15-25(23,4)5)8-6-9-20(2)18-24(28)26-16-13-22(27)14-17-26/h6,8-9,11-12,18,22,27H,7,10,13-17H2,1-5H3/b9-6+,12-11+,19-8+,20-18+. The van der Waals surface area contributed by atoms with Crippen molar-refractivity contribution in [2.75, 3.05) is 13.1 Å². The van der Waals surface area contributed by atoms with Gasteiger partial charge in [0.1, 0.15) is 0 Å². The van der Waals surface area contributed by atoms with Crippen molar-refractivity contribution in [2.24, 2.45) is 5.41 Å². The van der Waals surface area contributed by atoms with E-state index in [1.165, 1.54) is 36.0 Å². The van der Waals surface area contributed by atoms with E-state index in [9.17, 15) is 9.90 Å². The number of carbonyl (C=O) groups is 1. The molecule has 1 heterocycles. The van der Waals surface area contributed by atoms with Crippen LogP contribution in [0.5, 0.6) is 0 Å². The maximum Gasteiger partial charge on any atom is 0.246 e. The van der Waals surface area contributed by atoms with Gasteiger partial charge in [0.2, 0.25) is 5.91 Å². The van der Waals surface area contributed by atoms with E-state index in [1.54, 1.807) is 6.08 Å². The lowest BCUT2D eigenvalue weighted by Gasteiger charge is -2.32. The molecular formula is C25H37NO2. The normalized spacial score (nSPS) is 22.6. The molecule has 1 aliphatic carbocycles. The van der Waals surface area contributed by atoms with Crippen LogP contribution >= 0.6 is 0 Å². The largest absolute Gasteiger partial charge is 0.393 e. The van der Waals surface area contributed by atoms with Crippen molar-refractivity contribution in [3.8, 4) is 0 Å². The molecule has 1 N–H and O–H groups in total. The Bertz CT molecular complexity index is 711. The third kappa shape index (κ3) is 6.63. The van der Waals surface area contributed by atoms with E-state index in [0.717, 1.165) is 5.57 Å². The molecule has 1 saturated heterocycles. The molecule has 0 saturated carbocycles. The molecule has 0 atom stereocenters. The van der Waals surface area contributed by atoms with E-state index in [2.05, 4.69) is 45.9 Å². The highest BCUT2D eigenvalue weighted by Gasteiger charge is 2.26. The molecule has 0 spiro atoms. The number of allylic oxidation sites excluding steroid dienone is 9. The summed E-state index contributed by atoms with van der Waals surface area (Å²) in [7, 11) is 0. The molecule has 0 unspecified atom stereocenters. The number of likely N-dealkylation sites (tertiary alicyclic amines) is 1. The maximum atomic E-state index is 12.3. The predicted molar refractivity (Wildman–Crippen MR) is 118 cm³/mol. The first-order valence-corrected chi connectivity index (χ1v) is 10.6. The Kier molecular flexibility index (Phi) is 8.06. The average Bonchev–Trinajstić information content (AvgIpc) is 2.61. The Hall–Kier alpha value is -1.87. The molecule has 0 aromatic carbocycles. The van der Waals surface area contributed by atoms with E-state index in [0.29, 0.717) is 25.9 Å². The first-order chi connectivity index (χ1) is 13.2. The van der Waals surface area contributed by atoms with Crippen molar-refractivity contribution >= 4 is 5.91 Å². The van der Waals surface area contributed by atoms with Gasteiger partial charge in [0, 0.05) is 19.2 Å². The SMILES string of the molecule is CC1=C(/C=C/C(C)=C/C=C/C(C)=C/C(=O)N2CCC(O)CC2)C(C)(C)CCC1. The number of aliphatic hydroxyl groups excluding tert-OH is 1. The van der Waals surface area contributed by atoms with E-state index < -0.39 is 0 Å². The highest BCUT2D eigenvalue weighted by atomic mass is 16.3. The zero-order valence-electron chi connectivity index (χ0n) is 18.3. The molecule has 0 aromatic rings. The van der Waals surface area contributed by atoms with Gasteiger partial charge in [0.05, 0.1) is 6.10 Å². The monoisotopic (exact) mass is 383 g/mol. The summed E-state index contributed by atoms with van der Waals surface area (Å²) in [5.41, 5.74) is 5.39. The molecule has 0 aromatic heterocycles. The van der Waals surface area contributed by atoms with Crippen LogP contribution in [0.15, 0.2) is 58.7 Å². The first-order valence-electron chi connectivity index (χ1n) is 10.6. The van der Waals surface area contributed by atoms with Gasteiger partial charge >= 0.3 is 0 Å². The van der Waals surface area contributed by atoms with E-state index in [1.807, 2.05) is 24.0 Å². The number of piperidine rings is 1. The third-order valence-corrected chi connectivity index (χ3v) is 5.90. The van der Waals surface area contributed by atoms with Crippen molar-refractivity contribution < 1.29 is 9.90 Å². The third-order valence-electron chi connectivity index (χ3n) is 5.90. The summed E-state index contributed by atoms with van der Waals surface area (Å²) in [6.45, 7) is 12.3. The molecule has 1 amide bonds. The topological polar surface area (TPSA) is 40.5 Å². The quantitative estimate of drug-likeness (QED) is 0.503. The number of aliphatic hydroxyl groups is 1. The highest BCUT2D eigenvalue weighted by molar-refractivity contribution is 5.88. The Balaban J connectivity index is 1.94. The van der Waals surface area contributed by atoms with Gasteiger partial charge in [-0.25, -0.2) is 0 Å². The van der Waals surface area contributed by atoms with Crippen LogP contribution in [-0.2, 0) is 4.79 Å². The maximum absolute atomic E-state index is 12.3. The molecule has 3 nitrogen and oxygen atoms in total. The van der Waals surface area contributed by atoms with Crippen LogP contribution in [0.4, 0.5) is 0 Å². The number of rotatable bonds is 5. The molecule has 2 aliphatic rings. The Morgan fingerprint density at radius 1 is 1.14 bits per heavy atom. The zero-order chi connectivity index (χ0) is 20.7. The number of nitrogens with zero attached hydrogens (tertiary/aromatic N) is 1. The molecular weight excluding hydrogens is 346 g/mol. The number of amides is 1. The van der Waals surface area contributed by atoms with E-state index in [4.69, 9.17) is 0 Å². The summed E-state index contributed by atoms with van der Waals surface area (Å²) in [6, 6.07) is 0. The fraction of sp³-hybridized carbons (Fsp3) is 0.560. The van der Waals surface area contributed by atoms with Crippen LogP contribution in [0.1, 0.15) is 66.7 Å². The minimum absolute atomic E-state index is 0.0385. The van der Waals surface area contributed by atoms with Gasteiger partial charge < -0.3 is 10.0 Å². The number of hydrogen-bond donors (Lipinski definition) is 1. The van der Waals surface area contributed by atoms with Crippen LogP contribution in [0.3, 0.4) is 0 Å². The summed E-state index contributed by atoms with van der Waals surface area (Å²) in [4.78, 5) is 14.1. The number of hydrogen-bond acceptors (Lipinski definition) is 2. The van der Waals surface area contributed by atoms with Gasteiger partial charge in [-0.3, -0.25) is 4.79 Å². The minimum atomic E-state index is -0.256. The summed E-state index contributed by atoms with van der Waals surface area (Å²) in [5.74, 6) is 0.0385. The van der Waals surface area contributed by atoms with Crippen molar-refractivity contribution in [3.63, 3.8) is 0 Å². The van der Waals surface area contributed by atoms with E-state index >= 15 is 0 Å².